The van der Waals surface area contributed by atoms with E-state index in [2.05, 4.69) is 10.3 Å². The number of nitrogens with one attached hydrogen (secondary N) is 1. The fourth-order valence-electron chi connectivity index (χ4n) is 2.32. The number of nitrogens with zero attached hydrogens (tertiary/aromatic N) is 1. The van der Waals surface area contributed by atoms with Gasteiger partial charge in [0.2, 0.25) is 0 Å². The normalized spacial score (nSPS) is 23.6. The molecule has 5 heteroatoms. The highest BCUT2D eigenvalue weighted by Crippen LogP contribution is 2.32. The SMILES string of the molecule is COC(C)CNC(C)=Nc1ccc2c(c1)[C@@H](N)[C@H](O)C2. The van der Waals surface area contributed by atoms with Crippen molar-refractivity contribution in [3.8, 4) is 0 Å². The first-order chi connectivity index (χ1) is 9.51. The van der Waals surface area contributed by atoms with Crippen LogP contribution in [0.3, 0.4) is 0 Å². The highest BCUT2D eigenvalue weighted by Gasteiger charge is 2.27. The van der Waals surface area contributed by atoms with Crippen molar-refractivity contribution in [2.24, 2.45) is 10.7 Å². The molecule has 1 aromatic carbocycles. The third-order valence-corrected chi connectivity index (χ3v) is 3.68. The molecule has 1 aromatic rings. The van der Waals surface area contributed by atoms with E-state index < -0.39 is 6.10 Å². The molecule has 1 aliphatic rings. The highest BCUT2D eigenvalue weighted by molar-refractivity contribution is 5.82. The average molecular weight is 277 g/mol. The number of hydrogen-bond donors (Lipinski definition) is 3. The van der Waals surface area contributed by atoms with Gasteiger partial charge >= 0.3 is 0 Å². The fraction of sp³-hybridized carbons (Fsp3) is 0.533. The number of nitrogens with two attached hydrogens (primary N) is 1. The molecule has 0 saturated carbocycles. The minimum atomic E-state index is -0.481. The predicted molar refractivity (Wildman–Crippen MR) is 80.3 cm³/mol. The molecule has 0 heterocycles. The van der Waals surface area contributed by atoms with Gasteiger partial charge in [-0.05, 0) is 37.1 Å². The lowest BCUT2D eigenvalue weighted by atomic mass is 10.1. The van der Waals surface area contributed by atoms with Crippen molar-refractivity contribution in [3.05, 3.63) is 29.3 Å². The molecular formula is C15H23N3O2. The van der Waals surface area contributed by atoms with E-state index >= 15 is 0 Å². The van der Waals surface area contributed by atoms with Crippen LogP contribution in [0, 0.1) is 0 Å². The van der Waals surface area contributed by atoms with Gasteiger partial charge in [0.1, 0.15) is 0 Å². The lowest BCUT2D eigenvalue weighted by molar-refractivity contribution is 0.121. The zero-order chi connectivity index (χ0) is 14.7. The first-order valence-corrected chi connectivity index (χ1v) is 6.89. The number of ether oxygens (including phenoxy) is 1. The molecule has 0 aliphatic heterocycles. The van der Waals surface area contributed by atoms with Gasteiger partial charge in [0.25, 0.3) is 0 Å². The number of benzene rings is 1. The van der Waals surface area contributed by atoms with Crippen LogP contribution in [0.2, 0.25) is 0 Å². The Hall–Kier alpha value is -1.43. The molecule has 3 atom stereocenters. The second-order valence-electron chi connectivity index (χ2n) is 5.30. The van der Waals surface area contributed by atoms with E-state index in [1.54, 1.807) is 7.11 Å². The van der Waals surface area contributed by atoms with Crippen molar-refractivity contribution in [1.29, 1.82) is 0 Å². The van der Waals surface area contributed by atoms with E-state index in [1.165, 1.54) is 0 Å². The summed E-state index contributed by atoms with van der Waals surface area (Å²) in [6.45, 7) is 4.63. The van der Waals surface area contributed by atoms with Crippen LogP contribution in [-0.4, -0.2) is 36.8 Å². The first kappa shape index (κ1) is 15.0. The maximum Gasteiger partial charge on any atom is 0.0991 e. The van der Waals surface area contributed by atoms with Gasteiger partial charge in [-0.1, -0.05) is 6.07 Å². The van der Waals surface area contributed by atoms with Gasteiger partial charge in [0, 0.05) is 20.1 Å². The Bertz CT molecular complexity index is 502. The Labute approximate surface area is 119 Å². The second-order valence-corrected chi connectivity index (χ2v) is 5.30. The molecule has 1 aliphatic carbocycles. The summed E-state index contributed by atoms with van der Waals surface area (Å²) in [6, 6.07) is 5.60. The molecule has 0 aromatic heterocycles. The van der Waals surface area contributed by atoms with Crippen molar-refractivity contribution < 1.29 is 9.84 Å². The van der Waals surface area contributed by atoms with Gasteiger partial charge in [-0.15, -0.1) is 0 Å². The van der Waals surface area contributed by atoms with Crippen LogP contribution in [0.15, 0.2) is 23.2 Å². The molecule has 4 N–H and O–H groups in total. The minimum Gasteiger partial charge on any atom is -0.391 e. The van der Waals surface area contributed by atoms with Crippen molar-refractivity contribution in [2.45, 2.75) is 38.5 Å². The first-order valence-electron chi connectivity index (χ1n) is 6.89. The molecule has 0 bridgehead atoms. The number of aliphatic imine (C=N–C) groups is 1. The Morgan fingerprint density at radius 3 is 3.05 bits per heavy atom. The van der Waals surface area contributed by atoms with Crippen LogP contribution in [0.1, 0.15) is 31.0 Å². The van der Waals surface area contributed by atoms with Gasteiger partial charge in [0.15, 0.2) is 0 Å². The third kappa shape index (κ3) is 3.36. The fourth-order valence-corrected chi connectivity index (χ4v) is 2.32. The van der Waals surface area contributed by atoms with E-state index in [4.69, 9.17) is 10.5 Å². The van der Waals surface area contributed by atoms with Crippen molar-refractivity contribution in [2.75, 3.05) is 13.7 Å². The number of amidine groups is 1. The monoisotopic (exact) mass is 277 g/mol. The summed E-state index contributed by atoms with van der Waals surface area (Å²) in [7, 11) is 1.69. The average Bonchev–Trinajstić information content (AvgIpc) is 2.72. The Kier molecular flexibility index (Phi) is 4.75. The summed E-state index contributed by atoms with van der Waals surface area (Å²) in [5.41, 5.74) is 8.94. The molecule has 5 nitrogen and oxygen atoms in total. The molecule has 0 saturated heterocycles. The quantitative estimate of drug-likeness (QED) is 0.572. The number of aliphatic hydroxyl groups is 1. The van der Waals surface area contributed by atoms with Gasteiger partial charge in [-0.25, -0.2) is 4.99 Å². The van der Waals surface area contributed by atoms with E-state index in [1.807, 2.05) is 32.0 Å². The van der Waals surface area contributed by atoms with Crippen molar-refractivity contribution in [3.63, 3.8) is 0 Å². The standard InChI is InChI=1S/C15H23N3O2/c1-9(20-3)8-17-10(2)18-12-5-4-11-6-14(19)15(16)13(11)7-12/h4-5,7,9,14-15,19H,6,8,16H2,1-3H3,(H,17,18)/t9?,14-,15-/m1/s1. The maximum atomic E-state index is 9.78. The minimum absolute atomic E-state index is 0.142. The predicted octanol–water partition coefficient (Wildman–Crippen LogP) is 1.28. The third-order valence-electron chi connectivity index (χ3n) is 3.68. The Morgan fingerprint density at radius 2 is 2.35 bits per heavy atom. The van der Waals surface area contributed by atoms with Crippen molar-refractivity contribution in [1.82, 2.24) is 5.32 Å². The van der Waals surface area contributed by atoms with Gasteiger partial charge in [-0.3, -0.25) is 0 Å². The summed E-state index contributed by atoms with van der Waals surface area (Å²) in [6.07, 6.45) is 0.290. The zero-order valence-electron chi connectivity index (χ0n) is 12.3. The van der Waals surface area contributed by atoms with Crippen LogP contribution in [0.5, 0.6) is 0 Å². The Balaban J connectivity index is 2.07. The molecule has 110 valence electrons. The molecule has 1 unspecified atom stereocenters. The number of rotatable bonds is 4. The number of hydrogen-bond acceptors (Lipinski definition) is 4. The summed E-state index contributed by atoms with van der Waals surface area (Å²) >= 11 is 0. The van der Waals surface area contributed by atoms with Gasteiger partial charge in [-0.2, -0.15) is 0 Å². The highest BCUT2D eigenvalue weighted by atomic mass is 16.5. The molecule has 0 radical (unpaired) electrons. The van der Waals surface area contributed by atoms with Gasteiger partial charge in [0.05, 0.1) is 29.8 Å². The molecule has 0 spiro atoms. The van der Waals surface area contributed by atoms with Crippen LogP contribution in [-0.2, 0) is 11.2 Å². The van der Waals surface area contributed by atoms with Crippen LogP contribution in [0.4, 0.5) is 5.69 Å². The summed E-state index contributed by atoms with van der Waals surface area (Å²) in [5.74, 6) is 0.834. The largest absolute Gasteiger partial charge is 0.391 e. The van der Waals surface area contributed by atoms with Crippen LogP contribution in [0.25, 0.3) is 0 Å². The van der Waals surface area contributed by atoms with E-state index in [-0.39, 0.29) is 12.1 Å². The number of aliphatic hydroxyl groups excluding tert-OH is 1. The van der Waals surface area contributed by atoms with Crippen LogP contribution < -0.4 is 11.1 Å². The zero-order valence-corrected chi connectivity index (χ0v) is 12.3. The summed E-state index contributed by atoms with van der Waals surface area (Å²) in [4.78, 5) is 4.52. The topological polar surface area (TPSA) is 79.9 Å². The maximum absolute atomic E-state index is 9.78. The van der Waals surface area contributed by atoms with Gasteiger partial charge < -0.3 is 20.9 Å². The second kappa shape index (κ2) is 6.35. The summed E-state index contributed by atoms with van der Waals surface area (Å²) < 4.78 is 5.18. The summed E-state index contributed by atoms with van der Waals surface area (Å²) in [5, 5.41) is 13.0. The van der Waals surface area contributed by atoms with Crippen LogP contribution >= 0.6 is 0 Å². The molecule has 0 fully saturated rings. The lowest BCUT2D eigenvalue weighted by Gasteiger charge is -2.12. The number of methoxy groups -OCH3 is 1. The molecule has 0 amide bonds. The smallest absolute Gasteiger partial charge is 0.0991 e. The van der Waals surface area contributed by atoms with E-state index in [0.717, 1.165) is 29.2 Å². The lowest BCUT2D eigenvalue weighted by Crippen LogP contribution is -2.29. The molecular weight excluding hydrogens is 254 g/mol. The molecule has 20 heavy (non-hydrogen) atoms. The van der Waals surface area contributed by atoms with E-state index in [9.17, 15) is 5.11 Å². The number of fused-ring (bicyclic) bond motifs is 1. The van der Waals surface area contributed by atoms with Crippen molar-refractivity contribution >= 4 is 11.5 Å². The Morgan fingerprint density at radius 1 is 1.60 bits per heavy atom. The van der Waals surface area contributed by atoms with E-state index in [0.29, 0.717) is 6.42 Å². The molecule has 2 rings (SSSR count).